The molecule has 2 rings (SSSR count). The molecule has 18 heavy (non-hydrogen) atoms. The monoisotopic (exact) mass is 286 g/mol. The zero-order valence-corrected chi connectivity index (χ0v) is 12.0. The van der Waals surface area contributed by atoms with Gasteiger partial charge in [-0.25, -0.2) is 8.42 Å². The third-order valence-corrected chi connectivity index (χ3v) is 4.70. The molecule has 0 aromatic heterocycles. The van der Waals surface area contributed by atoms with Gasteiger partial charge in [-0.2, -0.15) is 0 Å². The Balaban J connectivity index is 1.94. The van der Waals surface area contributed by atoms with Crippen molar-refractivity contribution in [3.05, 3.63) is 24.3 Å². The summed E-state index contributed by atoms with van der Waals surface area (Å²) < 4.78 is 24.6. The number of rotatable bonds is 4. The molecule has 2 N–H and O–H groups in total. The standard InChI is InChI=1S/C12H18N2O2S2/c1-18(15,16)14-10-2-4-11(5-3-10)17-12-6-8-13-9-7-12/h2-5,12-14H,6-9H2,1H3. The number of thioether (sulfide) groups is 1. The molecular weight excluding hydrogens is 268 g/mol. The molecule has 1 aliphatic heterocycles. The number of hydrogen-bond acceptors (Lipinski definition) is 4. The molecule has 0 unspecified atom stereocenters. The molecule has 1 fully saturated rings. The third-order valence-electron chi connectivity index (χ3n) is 2.75. The van der Waals surface area contributed by atoms with Crippen molar-refractivity contribution >= 4 is 27.5 Å². The Morgan fingerprint density at radius 3 is 2.39 bits per heavy atom. The van der Waals surface area contributed by atoms with Crippen LogP contribution < -0.4 is 10.0 Å². The second kappa shape index (κ2) is 5.95. The zero-order chi connectivity index (χ0) is 13.0. The molecule has 1 saturated heterocycles. The molecule has 1 heterocycles. The maximum Gasteiger partial charge on any atom is 0.229 e. The van der Waals surface area contributed by atoms with Crippen molar-refractivity contribution < 1.29 is 8.42 Å². The molecule has 0 atom stereocenters. The predicted molar refractivity (Wildman–Crippen MR) is 76.7 cm³/mol. The van der Waals surface area contributed by atoms with Crippen molar-refractivity contribution in [2.24, 2.45) is 0 Å². The minimum atomic E-state index is -3.18. The normalized spacial score (nSPS) is 17.6. The van der Waals surface area contributed by atoms with Crippen LogP contribution in [0.25, 0.3) is 0 Å². The summed E-state index contributed by atoms with van der Waals surface area (Å²) in [5, 5.41) is 4.01. The van der Waals surface area contributed by atoms with Crippen molar-refractivity contribution in [3.8, 4) is 0 Å². The van der Waals surface area contributed by atoms with E-state index in [1.165, 1.54) is 17.7 Å². The second-order valence-corrected chi connectivity index (χ2v) is 7.59. The quantitative estimate of drug-likeness (QED) is 0.887. The first-order chi connectivity index (χ1) is 8.53. The van der Waals surface area contributed by atoms with E-state index in [4.69, 9.17) is 0 Å². The molecule has 100 valence electrons. The third kappa shape index (κ3) is 4.51. The van der Waals surface area contributed by atoms with Crippen molar-refractivity contribution in [2.75, 3.05) is 24.1 Å². The number of hydrogen-bond donors (Lipinski definition) is 2. The molecule has 0 spiro atoms. The number of nitrogens with one attached hydrogen (secondary N) is 2. The Morgan fingerprint density at radius 2 is 1.83 bits per heavy atom. The van der Waals surface area contributed by atoms with Crippen LogP contribution in [0.3, 0.4) is 0 Å². The van der Waals surface area contributed by atoms with Gasteiger partial charge in [0.15, 0.2) is 0 Å². The number of benzene rings is 1. The van der Waals surface area contributed by atoms with Crippen LogP contribution in [0.4, 0.5) is 5.69 Å². The molecule has 0 aliphatic carbocycles. The van der Waals surface area contributed by atoms with Gasteiger partial charge in [-0.1, -0.05) is 0 Å². The van der Waals surface area contributed by atoms with Crippen LogP contribution in [-0.2, 0) is 10.0 Å². The summed E-state index contributed by atoms with van der Waals surface area (Å²) in [7, 11) is -3.18. The van der Waals surface area contributed by atoms with Gasteiger partial charge in [0.05, 0.1) is 6.26 Å². The van der Waals surface area contributed by atoms with Gasteiger partial charge in [0.1, 0.15) is 0 Å². The summed E-state index contributed by atoms with van der Waals surface area (Å²) >= 11 is 1.87. The highest BCUT2D eigenvalue weighted by Crippen LogP contribution is 2.29. The van der Waals surface area contributed by atoms with Crippen LogP contribution in [0.5, 0.6) is 0 Å². The average molecular weight is 286 g/mol. The van der Waals surface area contributed by atoms with E-state index < -0.39 is 10.0 Å². The SMILES string of the molecule is CS(=O)(=O)Nc1ccc(SC2CCNCC2)cc1. The fourth-order valence-corrected chi connectivity index (χ4v) is 3.64. The summed E-state index contributed by atoms with van der Waals surface area (Å²) in [4.78, 5) is 1.20. The van der Waals surface area contributed by atoms with E-state index in [9.17, 15) is 8.42 Å². The molecule has 0 bridgehead atoms. The van der Waals surface area contributed by atoms with Gasteiger partial charge in [-0.15, -0.1) is 11.8 Å². The second-order valence-electron chi connectivity index (χ2n) is 4.47. The van der Waals surface area contributed by atoms with Gasteiger partial charge < -0.3 is 5.32 Å². The van der Waals surface area contributed by atoms with Gasteiger partial charge in [0.25, 0.3) is 0 Å². The molecule has 0 amide bonds. The lowest BCUT2D eigenvalue weighted by Gasteiger charge is -2.22. The topological polar surface area (TPSA) is 58.2 Å². The highest BCUT2D eigenvalue weighted by atomic mass is 32.2. The largest absolute Gasteiger partial charge is 0.317 e. The Kier molecular flexibility index (Phi) is 4.53. The maximum absolute atomic E-state index is 11.1. The fraction of sp³-hybridized carbons (Fsp3) is 0.500. The first-order valence-corrected chi connectivity index (χ1v) is 8.75. The van der Waals surface area contributed by atoms with Crippen LogP contribution in [0.15, 0.2) is 29.2 Å². The van der Waals surface area contributed by atoms with Gasteiger partial charge in [0.2, 0.25) is 10.0 Å². The van der Waals surface area contributed by atoms with Gasteiger partial charge in [-0.05, 0) is 50.2 Å². The average Bonchev–Trinajstić information content (AvgIpc) is 2.31. The maximum atomic E-state index is 11.1. The van der Waals surface area contributed by atoms with Gasteiger partial charge in [0, 0.05) is 15.8 Å². The van der Waals surface area contributed by atoms with Crippen LogP contribution >= 0.6 is 11.8 Å². The number of anilines is 1. The highest BCUT2D eigenvalue weighted by Gasteiger charge is 2.14. The lowest BCUT2D eigenvalue weighted by Crippen LogP contribution is -2.29. The van der Waals surface area contributed by atoms with E-state index in [-0.39, 0.29) is 0 Å². The molecule has 6 heteroatoms. The van der Waals surface area contributed by atoms with E-state index in [1.807, 2.05) is 36.0 Å². The Hall–Kier alpha value is -0.720. The Labute approximate surface area is 113 Å². The first kappa shape index (κ1) is 13.7. The molecule has 1 aromatic carbocycles. The van der Waals surface area contributed by atoms with Crippen molar-refractivity contribution in [1.82, 2.24) is 5.32 Å². The lowest BCUT2D eigenvalue weighted by molar-refractivity contribution is 0.531. The van der Waals surface area contributed by atoms with E-state index in [0.29, 0.717) is 10.9 Å². The summed E-state index contributed by atoms with van der Waals surface area (Å²) in [6.07, 6.45) is 3.53. The van der Waals surface area contributed by atoms with Crippen molar-refractivity contribution in [3.63, 3.8) is 0 Å². The molecule has 0 radical (unpaired) electrons. The zero-order valence-electron chi connectivity index (χ0n) is 10.3. The van der Waals surface area contributed by atoms with Crippen LogP contribution in [0.1, 0.15) is 12.8 Å². The van der Waals surface area contributed by atoms with Gasteiger partial charge in [-0.3, -0.25) is 4.72 Å². The number of sulfonamides is 1. The summed E-state index contributed by atoms with van der Waals surface area (Å²) in [5.74, 6) is 0. The minimum absolute atomic E-state index is 0.618. The summed E-state index contributed by atoms with van der Waals surface area (Å²) in [5.41, 5.74) is 0.618. The predicted octanol–water partition coefficient (Wildman–Crippen LogP) is 1.90. The van der Waals surface area contributed by atoms with Crippen LogP contribution in [0.2, 0.25) is 0 Å². The minimum Gasteiger partial charge on any atom is -0.317 e. The fourth-order valence-electron chi connectivity index (χ4n) is 1.92. The molecule has 0 saturated carbocycles. The molecule has 1 aromatic rings. The van der Waals surface area contributed by atoms with E-state index in [0.717, 1.165) is 19.3 Å². The lowest BCUT2D eigenvalue weighted by atomic mass is 10.2. The summed E-state index contributed by atoms with van der Waals surface area (Å²) in [6.45, 7) is 2.18. The Bertz CT molecular complexity index is 479. The van der Waals surface area contributed by atoms with E-state index in [1.54, 1.807) is 0 Å². The van der Waals surface area contributed by atoms with Gasteiger partial charge >= 0.3 is 0 Å². The molecular formula is C12H18N2O2S2. The number of piperidine rings is 1. The summed E-state index contributed by atoms with van der Waals surface area (Å²) in [6, 6.07) is 7.56. The van der Waals surface area contributed by atoms with Crippen molar-refractivity contribution in [1.29, 1.82) is 0 Å². The highest BCUT2D eigenvalue weighted by molar-refractivity contribution is 8.00. The van der Waals surface area contributed by atoms with Crippen molar-refractivity contribution in [2.45, 2.75) is 23.0 Å². The first-order valence-electron chi connectivity index (χ1n) is 5.98. The van der Waals surface area contributed by atoms with E-state index in [2.05, 4.69) is 10.0 Å². The van der Waals surface area contributed by atoms with E-state index >= 15 is 0 Å². The molecule has 1 aliphatic rings. The smallest absolute Gasteiger partial charge is 0.229 e. The van der Waals surface area contributed by atoms with Crippen LogP contribution in [0, 0.1) is 0 Å². The van der Waals surface area contributed by atoms with Crippen LogP contribution in [-0.4, -0.2) is 33.0 Å². The molecule has 4 nitrogen and oxygen atoms in total. The Morgan fingerprint density at radius 1 is 1.22 bits per heavy atom.